The number of nitrogens with zero attached hydrogens (tertiary/aromatic N) is 3. The Morgan fingerprint density at radius 1 is 0.792 bits per heavy atom. The molecule has 0 unspecified atom stereocenters. The molecule has 1 aromatic heterocycles. The van der Waals surface area contributed by atoms with Crippen molar-refractivity contribution in [2.75, 3.05) is 0 Å². The average molecular weight is 327 g/mol. The van der Waals surface area contributed by atoms with Gasteiger partial charge in [-0.25, -0.2) is 0 Å². The van der Waals surface area contributed by atoms with Crippen LogP contribution in [0.25, 0.3) is 0 Å². The van der Waals surface area contributed by atoms with Crippen molar-refractivity contribution in [1.29, 1.82) is 0 Å². The molecule has 1 heterocycles. The van der Waals surface area contributed by atoms with Gasteiger partial charge in [0, 0.05) is 19.2 Å². The Kier molecular flexibility index (Phi) is 4.24. The third-order valence-corrected chi connectivity index (χ3v) is 3.68. The Bertz CT molecular complexity index is 861. The van der Waals surface area contributed by atoms with Crippen LogP contribution in [0.3, 0.4) is 0 Å². The maximum Gasteiger partial charge on any atom is 0.157 e. The molecule has 0 radical (unpaired) electrons. The standard InChI is InChI=1S/C17H17N3O4/c21-14-3-1-11(8-16(14)23)5-6-20-10-13(18-19-20)7-12-2-4-15(22)17(24)9-12/h1-4,8-10,21-24H,5-7H2. The monoisotopic (exact) mass is 327 g/mol. The van der Waals surface area contributed by atoms with Crippen LogP contribution in [-0.4, -0.2) is 35.4 Å². The summed E-state index contributed by atoms with van der Waals surface area (Å²) in [6.45, 7) is 0.581. The van der Waals surface area contributed by atoms with Crippen molar-refractivity contribution in [1.82, 2.24) is 15.0 Å². The molecular formula is C17H17N3O4. The molecule has 7 heteroatoms. The van der Waals surface area contributed by atoms with Crippen LogP contribution >= 0.6 is 0 Å². The van der Waals surface area contributed by atoms with E-state index in [-0.39, 0.29) is 23.0 Å². The van der Waals surface area contributed by atoms with Gasteiger partial charge in [-0.05, 0) is 41.8 Å². The van der Waals surface area contributed by atoms with Crippen LogP contribution in [0.15, 0.2) is 42.6 Å². The number of phenols is 4. The topological polar surface area (TPSA) is 112 Å². The molecule has 0 saturated heterocycles. The van der Waals surface area contributed by atoms with Crippen LogP contribution in [0, 0.1) is 0 Å². The van der Waals surface area contributed by atoms with Crippen LogP contribution in [0.4, 0.5) is 0 Å². The van der Waals surface area contributed by atoms with E-state index in [1.165, 1.54) is 24.3 Å². The van der Waals surface area contributed by atoms with E-state index in [2.05, 4.69) is 10.3 Å². The SMILES string of the molecule is Oc1ccc(CCn2cc(Cc3ccc(O)c(O)c3)nn2)cc1O. The van der Waals surface area contributed by atoms with Gasteiger partial charge in [0.1, 0.15) is 0 Å². The van der Waals surface area contributed by atoms with Gasteiger partial charge in [-0.3, -0.25) is 4.68 Å². The molecule has 0 fully saturated rings. The second-order valence-electron chi connectivity index (χ2n) is 5.55. The summed E-state index contributed by atoms with van der Waals surface area (Å²) in [5.74, 6) is -0.593. The van der Waals surface area contributed by atoms with Crippen LogP contribution in [-0.2, 0) is 19.4 Å². The van der Waals surface area contributed by atoms with E-state index >= 15 is 0 Å². The molecule has 0 bridgehead atoms. The number of aromatic nitrogens is 3. The highest BCUT2D eigenvalue weighted by Crippen LogP contribution is 2.26. The number of rotatable bonds is 5. The molecule has 3 rings (SSSR count). The zero-order chi connectivity index (χ0) is 17.1. The molecule has 0 aliphatic heterocycles. The van der Waals surface area contributed by atoms with Gasteiger partial charge < -0.3 is 20.4 Å². The van der Waals surface area contributed by atoms with Crippen molar-refractivity contribution in [3.05, 3.63) is 59.4 Å². The molecule has 0 amide bonds. The van der Waals surface area contributed by atoms with Gasteiger partial charge in [0.25, 0.3) is 0 Å². The fourth-order valence-corrected chi connectivity index (χ4v) is 2.39. The van der Waals surface area contributed by atoms with Crippen LogP contribution < -0.4 is 0 Å². The number of hydrogen-bond acceptors (Lipinski definition) is 6. The smallest absolute Gasteiger partial charge is 0.157 e. The van der Waals surface area contributed by atoms with Gasteiger partial charge in [-0.2, -0.15) is 0 Å². The fourth-order valence-electron chi connectivity index (χ4n) is 2.39. The second kappa shape index (κ2) is 6.49. The van der Waals surface area contributed by atoms with Crippen LogP contribution in [0.5, 0.6) is 23.0 Å². The van der Waals surface area contributed by atoms with Crippen LogP contribution in [0.2, 0.25) is 0 Å². The minimum absolute atomic E-state index is 0.140. The largest absolute Gasteiger partial charge is 0.504 e. The van der Waals surface area contributed by atoms with Crippen molar-refractivity contribution in [3.8, 4) is 23.0 Å². The van der Waals surface area contributed by atoms with E-state index in [4.69, 9.17) is 0 Å². The molecule has 24 heavy (non-hydrogen) atoms. The maximum absolute atomic E-state index is 9.51. The quantitative estimate of drug-likeness (QED) is 0.533. The lowest BCUT2D eigenvalue weighted by atomic mass is 10.1. The van der Waals surface area contributed by atoms with Crippen LogP contribution in [0.1, 0.15) is 16.8 Å². The normalized spacial score (nSPS) is 10.8. The van der Waals surface area contributed by atoms with Gasteiger partial charge in [0.2, 0.25) is 0 Å². The average Bonchev–Trinajstić information content (AvgIpc) is 3.00. The highest BCUT2D eigenvalue weighted by molar-refractivity contribution is 5.41. The third kappa shape index (κ3) is 3.57. The van der Waals surface area contributed by atoms with Crippen molar-refractivity contribution in [2.45, 2.75) is 19.4 Å². The van der Waals surface area contributed by atoms with Gasteiger partial charge in [0.05, 0.1) is 5.69 Å². The van der Waals surface area contributed by atoms with E-state index in [0.29, 0.717) is 19.4 Å². The van der Waals surface area contributed by atoms with Crippen molar-refractivity contribution in [2.24, 2.45) is 0 Å². The molecule has 2 aromatic carbocycles. The van der Waals surface area contributed by atoms with Gasteiger partial charge in [-0.1, -0.05) is 17.3 Å². The lowest BCUT2D eigenvalue weighted by molar-refractivity contribution is 0.403. The first-order valence-corrected chi connectivity index (χ1v) is 7.42. The molecule has 124 valence electrons. The highest BCUT2D eigenvalue weighted by atomic mass is 16.3. The Hall–Kier alpha value is -3.22. The summed E-state index contributed by atoms with van der Waals surface area (Å²) in [5, 5.41) is 45.7. The zero-order valence-corrected chi connectivity index (χ0v) is 12.8. The van der Waals surface area contributed by atoms with Gasteiger partial charge in [0.15, 0.2) is 23.0 Å². The summed E-state index contributed by atoms with van der Waals surface area (Å²) >= 11 is 0. The third-order valence-electron chi connectivity index (χ3n) is 3.68. The molecule has 0 atom stereocenters. The van der Waals surface area contributed by atoms with Crippen molar-refractivity contribution < 1.29 is 20.4 Å². The predicted molar refractivity (Wildman–Crippen MR) is 86.1 cm³/mol. The first-order valence-electron chi connectivity index (χ1n) is 7.42. The highest BCUT2D eigenvalue weighted by Gasteiger charge is 2.06. The lowest BCUT2D eigenvalue weighted by Crippen LogP contribution is -2.02. The van der Waals surface area contributed by atoms with E-state index < -0.39 is 0 Å². The van der Waals surface area contributed by atoms with Gasteiger partial charge >= 0.3 is 0 Å². The molecular weight excluding hydrogens is 310 g/mol. The summed E-state index contributed by atoms with van der Waals surface area (Å²) in [7, 11) is 0. The number of hydrogen-bond donors (Lipinski definition) is 4. The second-order valence-corrected chi connectivity index (χ2v) is 5.55. The minimum Gasteiger partial charge on any atom is -0.504 e. The van der Waals surface area contributed by atoms with E-state index in [1.54, 1.807) is 16.8 Å². The van der Waals surface area contributed by atoms with Gasteiger partial charge in [-0.15, -0.1) is 5.10 Å². The molecule has 0 spiro atoms. The Morgan fingerprint density at radius 2 is 1.42 bits per heavy atom. The summed E-state index contributed by atoms with van der Waals surface area (Å²) in [6.07, 6.45) is 2.94. The Morgan fingerprint density at radius 3 is 2.08 bits per heavy atom. The number of benzene rings is 2. The summed E-state index contributed by atoms with van der Waals surface area (Å²) in [5.41, 5.74) is 2.44. The molecule has 3 aromatic rings. The van der Waals surface area contributed by atoms with Crippen molar-refractivity contribution >= 4 is 0 Å². The molecule has 0 aliphatic carbocycles. The zero-order valence-electron chi connectivity index (χ0n) is 12.8. The lowest BCUT2D eigenvalue weighted by Gasteiger charge is -2.03. The first-order chi connectivity index (χ1) is 11.5. The number of aromatic hydroxyl groups is 4. The Balaban J connectivity index is 1.62. The van der Waals surface area contributed by atoms with E-state index in [9.17, 15) is 20.4 Å². The van der Waals surface area contributed by atoms with E-state index in [1.807, 2.05) is 6.20 Å². The first kappa shape index (κ1) is 15.7. The molecule has 4 N–H and O–H groups in total. The Labute approximate surface area is 138 Å². The summed E-state index contributed by atoms with van der Waals surface area (Å²) < 4.78 is 1.69. The summed E-state index contributed by atoms with van der Waals surface area (Å²) in [6, 6.07) is 9.36. The predicted octanol–water partition coefficient (Wildman–Crippen LogP) is 1.93. The molecule has 0 aliphatic rings. The number of aryl methyl sites for hydroxylation is 2. The van der Waals surface area contributed by atoms with Crippen molar-refractivity contribution in [3.63, 3.8) is 0 Å². The maximum atomic E-state index is 9.51. The molecule has 0 saturated carbocycles. The minimum atomic E-state index is -0.160. The van der Waals surface area contributed by atoms with E-state index in [0.717, 1.165) is 16.8 Å². The molecule has 7 nitrogen and oxygen atoms in total. The number of phenolic OH excluding ortho intramolecular Hbond substituents is 4. The summed E-state index contributed by atoms with van der Waals surface area (Å²) in [4.78, 5) is 0. The fraction of sp³-hybridized carbons (Fsp3) is 0.176.